The zero-order valence-corrected chi connectivity index (χ0v) is 18.4. The third kappa shape index (κ3) is 4.34. The van der Waals surface area contributed by atoms with E-state index in [9.17, 15) is 23.1 Å². The number of urea groups is 1. The molecule has 2 amide bonds. The third-order valence-corrected chi connectivity index (χ3v) is 7.44. The quantitative estimate of drug-likeness (QED) is 0.595. The number of amides is 2. The van der Waals surface area contributed by atoms with Gasteiger partial charge in [0.05, 0.1) is 29.4 Å². The van der Waals surface area contributed by atoms with Gasteiger partial charge in [0.1, 0.15) is 5.75 Å². The Balaban J connectivity index is 1.75. The number of ether oxygens (including phenoxy) is 1. The normalized spacial score (nSPS) is 18.4. The number of phenols is 1. The van der Waals surface area contributed by atoms with Crippen molar-refractivity contribution in [3.63, 3.8) is 0 Å². The molecule has 168 valence electrons. The maximum atomic E-state index is 13.2. The minimum Gasteiger partial charge on any atom is -0.508 e. The molecule has 4 rings (SSSR count). The van der Waals surface area contributed by atoms with Crippen LogP contribution in [-0.4, -0.2) is 38.4 Å². The molecule has 2 aliphatic rings. The van der Waals surface area contributed by atoms with Crippen LogP contribution in [0.1, 0.15) is 35.6 Å². The number of rotatable bonds is 5. The molecule has 1 aliphatic carbocycles. The maximum absolute atomic E-state index is 13.2. The Morgan fingerprint density at radius 2 is 1.78 bits per heavy atom. The van der Waals surface area contributed by atoms with E-state index >= 15 is 0 Å². The number of hydrogen-bond donors (Lipinski definition) is 3. The fourth-order valence-electron chi connectivity index (χ4n) is 4.18. The Kier molecular flexibility index (Phi) is 5.92. The molecule has 1 atom stereocenters. The lowest BCUT2D eigenvalue weighted by atomic mass is 9.92. The number of carbonyl (C=O) groups is 2. The Morgan fingerprint density at radius 1 is 1.09 bits per heavy atom. The van der Waals surface area contributed by atoms with E-state index in [1.165, 1.54) is 19.2 Å². The highest BCUT2D eigenvalue weighted by Crippen LogP contribution is 2.31. The highest BCUT2D eigenvalue weighted by Gasteiger charge is 2.35. The van der Waals surface area contributed by atoms with Crippen molar-refractivity contribution in [2.75, 3.05) is 12.9 Å². The second kappa shape index (κ2) is 8.66. The molecule has 1 aliphatic heterocycles. The van der Waals surface area contributed by atoms with Crippen LogP contribution < -0.4 is 10.6 Å². The number of aromatic hydroxyl groups is 1. The molecule has 0 bridgehead atoms. The Hall–Kier alpha value is -3.33. The van der Waals surface area contributed by atoms with Crippen LogP contribution in [0.25, 0.3) is 0 Å². The largest absolute Gasteiger partial charge is 0.508 e. The number of fused-ring (bicyclic) bond motifs is 1. The first kappa shape index (κ1) is 21.9. The summed E-state index contributed by atoms with van der Waals surface area (Å²) >= 11 is 0. The van der Waals surface area contributed by atoms with Crippen molar-refractivity contribution in [1.82, 2.24) is 10.6 Å². The van der Waals surface area contributed by atoms with E-state index in [1.807, 2.05) is 6.07 Å². The van der Waals surface area contributed by atoms with Crippen molar-refractivity contribution in [1.29, 1.82) is 0 Å². The van der Waals surface area contributed by atoms with Crippen LogP contribution in [0, 0.1) is 0 Å². The Labute approximate surface area is 186 Å². The van der Waals surface area contributed by atoms with Gasteiger partial charge in [-0.2, -0.15) is 0 Å². The molecule has 9 heteroatoms. The van der Waals surface area contributed by atoms with Crippen molar-refractivity contribution >= 4 is 21.8 Å². The maximum Gasteiger partial charge on any atom is 0.338 e. The van der Waals surface area contributed by atoms with Crippen molar-refractivity contribution < 1.29 is 27.9 Å². The second-order valence-electron chi connectivity index (χ2n) is 7.90. The van der Waals surface area contributed by atoms with E-state index < -0.39 is 33.6 Å². The minimum absolute atomic E-state index is 0.000625. The first-order valence-electron chi connectivity index (χ1n) is 10.3. The van der Waals surface area contributed by atoms with Gasteiger partial charge in [0.25, 0.3) is 0 Å². The van der Waals surface area contributed by atoms with E-state index in [1.54, 1.807) is 24.3 Å². The molecule has 32 heavy (non-hydrogen) atoms. The molecule has 0 saturated carbocycles. The van der Waals surface area contributed by atoms with E-state index in [0.29, 0.717) is 5.56 Å². The molecular formula is C23H24N2O6S. The van der Waals surface area contributed by atoms with Crippen LogP contribution in [0.15, 0.2) is 58.6 Å². The third-order valence-electron chi connectivity index (χ3n) is 5.80. The molecule has 8 nitrogen and oxygen atoms in total. The number of methoxy groups -OCH3 is 1. The van der Waals surface area contributed by atoms with Crippen LogP contribution >= 0.6 is 0 Å². The number of esters is 1. The van der Waals surface area contributed by atoms with Crippen LogP contribution in [-0.2, 0) is 32.2 Å². The molecule has 0 fully saturated rings. The van der Waals surface area contributed by atoms with Crippen LogP contribution in [0.2, 0.25) is 0 Å². The molecule has 3 N–H and O–H groups in total. The summed E-state index contributed by atoms with van der Waals surface area (Å²) in [6.07, 6.45) is 3.87. The fourth-order valence-corrected chi connectivity index (χ4v) is 5.55. The molecule has 2 aromatic carbocycles. The van der Waals surface area contributed by atoms with Gasteiger partial charge in [-0.15, -0.1) is 0 Å². The van der Waals surface area contributed by atoms with Crippen LogP contribution in [0.4, 0.5) is 4.79 Å². The van der Waals surface area contributed by atoms with E-state index in [-0.39, 0.29) is 21.9 Å². The summed E-state index contributed by atoms with van der Waals surface area (Å²) < 4.78 is 31.4. The van der Waals surface area contributed by atoms with Gasteiger partial charge in [0.15, 0.2) is 9.84 Å². The Morgan fingerprint density at radius 3 is 2.47 bits per heavy atom. The molecule has 0 aromatic heterocycles. The van der Waals surface area contributed by atoms with Gasteiger partial charge in [-0.05, 0) is 66.6 Å². The van der Waals surface area contributed by atoms with Gasteiger partial charge >= 0.3 is 12.0 Å². The molecule has 0 spiro atoms. The molecule has 2 aromatic rings. The van der Waals surface area contributed by atoms with E-state index in [4.69, 9.17) is 4.74 Å². The number of sulfone groups is 1. The van der Waals surface area contributed by atoms with Crippen LogP contribution in [0.3, 0.4) is 0 Å². The predicted molar refractivity (Wildman–Crippen MR) is 117 cm³/mol. The van der Waals surface area contributed by atoms with Crippen molar-refractivity contribution in [3.05, 3.63) is 70.4 Å². The van der Waals surface area contributed by atoms with Crippen molar-refractivity contribution in [3.8, 4) is 5.75 Å². The highest BCUT2D eigenvalue weighted by atomic mass is 32.2. The van der Waals surface area contributed by atoms with Crippen molar-refractivity contribution in [2.45, 2.75) is 36.6 Å². The van der Waals surface area contributed by atoms with Gasteiger partial charge in [0.2, 0.25) is 0 Å². The monoisotopic (exact) mass is 456 g/mol. The summed E-state index contributed by atoms with van der Waals surface area (Å²) in [5.74, 6) is -1.29. The van der Waals surface area contributed by atoms with Gasteiger partial charge in [-0.1, -0.05) is 18.2 Å². The summed E-state index contributed by atoms with van der Waals surface area (Å²) in [5.41, 5.74) is 2.65. The number of aryl methyl sites for hydroxylation is 2. The standard InChI is InChI=1S/C23H24N2O6S/c1-31-22(27)20-19(24-23(28)25-21(20)15-6-9-17(26)10-7-15)13-32(29,30)18-11-8-14-4-2-3-5-16(14)12-18/h6-12,21,26H,2-5,13H2,1H3,(H2,24,25,28). The number of benzene rings is 2. The Bertz CT molecular complexity index is 1200. The summed E-state index contributed by atoms with van der Waals surface area (Å²) in [7, 11) is -2.66. The molecule has 0 saturated heterocycles. The predicted octanol–water partition coefficient (Wildman–Crippen LogP) is 2.53. The van der Waals surface area contributed by atoms with Gasteiger partial charge in [0, 0.05) is 5.70 Å². The van der Waals surface area contributed by atoms with Gasteiger partial charge in [-0.25, -0.2) is 18.0 Å². The van der Waals surface area contributed by atoms with E-state index in [2.05, 4.69) is 10.6 Å². The smallest absolute Gasteiger partial charge is 0.338 e. The first-order chi connectivity index (χ1) is 15.3. The molecule has 1 unspecified atom stereocenters. The summed E-state index contributed by atoms with van der Waals surface area (Å²) in [6, 6.07) is 9.49. The van der Waals surface area contributed by atoms with Crippen LogP contribution in [0.5, 0.6) is 5.75 Å². The molecular weight excluding hydrogens is 432 g/mol. The number of carbonyl (C=O) groups excluding carboxylic acids is 2. The molecule has 1 heterocycles. The first-order valence-corrected chi connectivity index (χ1v) is 12.0. The lowest BCUT2D eigenvalue weighted by molar-refractivity contribution is -0.136. The number of hydrogen-bond acceptors (Lipinski definition) is 6. The zero-order valence-electron chi connectivity index (χ0n) is 17.6. The van der Waals surface area contributed by atoms with E-state index in [0.717, 1.165) is 36.8 Å². The van der Waals surface area contributed by atoms with Gasteiger partial charge < -0.3 is 20.5 Å². The summed E-state index contributed by atoms with van der Waals surface area (Å²) in [6.45, 7) is 0. The van der Waals surface area contributed by atoms with Gasteiger partial charge in [-0.3, -0.25) is 0 Å². The lowest BCUT2D eigenvalue weighted by Gasteiger charge is -2.29. The lowest BCUT2D eigenvalue weighted by Crippen LogP contribution is -2.47. The van der Waals surface area contributed by atoms with Crippen molar-refractivity contribution in [2.24, 2.45) is 0 Å². The summed E-state index contributed by atoms with van der Waals surface area (Å²) in [5, 5.41) is 14.7. The number of nitrogens with one attached hydrogen (secondary N) is 2. The fraction of sp³-hybridized carbons (Fsp3) is 0.304. The number of phenolic OH excluding ortho intramolecular Hbond substituents is 1. The SMILES string of the molecule is COC(=O)C1=C(CS(=O)(=O)c2ccc3c(c2)CCCC3)NC(=O)NC1c1ccc(O)cc1. The average Bonchev–Trinajstić information content (AvgIpc) is 2.78. The minimum atomic E-state index is -3.85. The topological polar surface area (TPSA) is 122 Å². The zero-order chi connectivity index (χ0) is 22.9. The highest BCUT2D eigenvalue weighted by molar-refractivity contribution is 7.91. The average molecular weight is 457 g/mol. The summed E-state index contributed by atoms with van der Waals surface area (Å²) in [4.78, 5) is 25.1. The molecule has 0 radical (unpaired) electrons. The second-order valence-corrected chi connectivity index (χ2v) is 9.89.